The molecule has 1 atom stereocenters. The molecule has 0 aromatic heterocycles. The van der Waals surface area contributed by atoms with Crippen LogP contribution in [0.25, 0.3) is 0 Å². The molecule has 0 aliphatic heterocycles. The van der Waals surface area contributed by atoms with Crippen LogP contribution >= 0.6 is 0 Å². The topological polar surface area (TPSA) is 20.2 Å². The van der Waals surface area contributed by atoms with Crippen LogP contribution in [0.5, 0.6) is 0 Å². The number of aliphatic hydroxyl groups excluding tert-OH is 1. The maximum absolute atomic E-state index is 9.76. The van der Waals surface area contributed by atoms with E-state index < -0.39 is 0 Å². The van der Waals surface area contributed by atoms with Crippen molar-refractivity contribution in [2.75, 3.05) is 0 Å². The first-order valence-corrected chi connectivity index (χ1v) is 6.43. The fourth-order valence-corrected chi connectivity index (χ4v) is 1.74. The minimum atomic E-state index is -0.0898. The maximum Gasteiger partial charge on any atom is 0.0542 e. The Kier molecular flexibility index (Phi) is 6.51. The van der Waals surface area contributed by atoms with Crippen LogP contribution in [0.15, 0.2) is 0 Å². The molecule has 15 heavy (non-hydrogen) atoms. The largest absolute Gasteiger partial charge is 0.393 e. The molecule has 0 aromatic rings. The quantitative estimate of drug-likeness (QED) is 0.672. The smallest absolute Gasteiger partial charge is 0.0542 e. The Balaban J connectivity index is 3.70. The van der Waals surface area contributed by atoms with Gasteiger partial charge in [0.15, 0.2) is 0 Å². The Morgan fingerprint density at radius 1 is 1.07 bits per heavy atom. The summed E-state index contributed by atoms with van der Waals surface area (Å²) in [7, 11) is 0. The van der Waals surface area contributed by atoms with Crippen molar-refractivity contribution in [2.45, 2.75) is 73.3 Å². The average molecular weight is 214 g/mol. The molecular formula is C14H30O. The lowest BCUT2D eigenvalue weighted by atomic mass is 9.77. The molecule has 0 rings (SSSR count). The van der Waals surface area contributed by atoms with Gasteiger partial charge in [-0.3, -0.25) is 0 Å². The van der Waals surface area contributed by atoms with Crippen molar-refractivity contribution in [1.82, 2.24) is 0 Å². The Morgan fingerprint density at radius 3 is 2.00 bits per heavy atom. The highest BCUT2D eigenvalue weighted by atomic mass is 16.3. The molecular weight excluding hydrogens is 184 g/mol. The number of rotatable bonds is 7. The molecule has 0 aliphatic carbocycles. The highest BCUT2D eigenvalue weighted by Crippen LogP contribution is 2.32. The summed E-state index contributed by atoms with van der Waals surface area (Å²) in [6.07, 6.45) is 4.20. The van der Waals surface area contributed by atoms with Gasteiger partial charge in [0.05, 0.1) is 6.10 Å². The lowest BCUT2D eigenvalue weighted by Crippen LogP contribution is -2.20. The number of hydrogen-bond donors (Lipinski definition) is 1. The van der Waals surface area contributed by atoms with Gasteiger partial charge in [-0.15, -0.1) is 0 Å². The van der Waals surface area contributed by atoms with Crippen LogP contribution in [-0.2, 0) is 0 Å². The highest BCUT2D eigenvalue weighted by Gasteiger charge is 2.21. The summed E-state index contributed by atoms with van der Waals surface area (Å²) in [6, 6.07) is 0. The molecule has 1 nitrogen and oxygen atoms in total. The first kappa shape index (κ1) is 15.0. The van der Waals surface area contributed by atoms with Gasteiger partial charge in [0, 0.05) is 0 Å². The Hall–Kier alpha value is -0.0400. The summed E-state index contributed by atoms with van der Waals surface area (Å²) < 4.78 is 0. The summed E-state index contributed by atoms with van der Waals surface area (Å²) in [5.41, 5.74) is 0.414. The molecule has 0 radical (unpaired) electrons. The third-order valence-corrected chi connectivity index (χ3v) is 3.66. The maximum atomic E-state index is 9.76. The normalized spacial score (nSPS) is 15.0. The van der Waals surface area contributed by atoms with Crippen LogP contribution in [0.4, 0.5) is 0 Å². The van der Waals surface area contributed by atoms with E-state index in [1.165, 1.54) is 6.42 Å². The predicted molar refractivity (Wildman–Crippen MR) is 67.9 cm³/mol. The molecule has 1 heteroatoms. The van der Waals surface area contributed by atoms with Crippen molar-refractivity contribution in [3.05, 3.63) is 0 Å². The van der Waals surface area contributed by atoms with E-state index in [1.54, 1.807) is 0 Å². The second-order valence-electron chi connectivity index (χ2n) is 6.32. The summed E-state index contributed by atoms with van der Waals surface area (Å²) in [5, 5.41) is 9.76. The Labute approximate surface area is 96.3 Å². The molecule has 0 saturated carbocycles. The third-order valence-electron chi connectivity index (χ3n) is 3.66. The van der Waals surface area contributed by atoms with Gasteiger partial charge in [0.1, 0.15) is 0 Å². The SMILES string of the molecule is CC(C)C[C@@H](O)CCCC(C)(C)C(C)C. The standard InChI is InChI=1S/C14H30O/c1-11(2)10-13(15)8-7-9-14(5,6)12(3)4/h11-13,15H,7-10H2,1-6H3/t13-/m0/s1. The predicted octanol–water partition coefficient (Wildman–Crippen LogP) is 4.25. The molecule has 0 unspecified atom stereocenters. The summed E-state index contributed by atoms with van der Waals surface area (Å²) >= 11 is 0. The van der Waals surface area contributed by atoms with Crippen molar-refractivity contribution in [2.24, 2.45) is 17.3 Å². The van der Waals surface area contributed by atoms with E-state index >= 15 is 0 Å². The van der Waals surface area contributed by atoms with Crippen LogP contribution < -0.4 is 0 Å². The van der Waals surface area contributed by atoms with Crippen LogP contribution in [0, 0.1) is 17.3 Å². The minimum Gasteiger partial charge on any atom is -0.393 e. The van der Waals surface area contributed by atoms with Crippen molar-refractivity contribution in [3.8, 4) is 0 Å². The lowest BCUT2D eigenvalue weighted by Gasteiger charge is -2.29. The lowest BCUT2D eigenvalue weighted by molar-refractivity contribution is 0.125. The summed E-state index contributed by atoms with van der Waals surface area (Å²) in [6.45, 7) is 13.6. The van der Waals surface area contributed by atoms with E-state index in [1.807, 2.05) is 0 Å². The van der Waals surface area contributed by atoms with Crippen molar-refractivity contribution in [1.29, 1.82) is 0 Å². The zero-order valence-electron chi connectivity index (χ0n) is 11.5. The number of aliphatic hydroxyl groups is 1. The monoisotopic (exact) mass is 214 g/mol. The molecule has 0 spiro atoms. The molecule has 0 aliphatic rings. The molecule has 1 N–H and O–H groups in total. The van der Waals surface area contributed by atoms with Gasteiger partial charge in [-0.05, 0) is 36.5 Å². The molecule has 0 amide bonds. The zero-order valence-corrected chi connectivity index (χ0v) is 11.5. The Bertz CT molecular complexity index is 159. The Morgan fingerprint density at radius 2 is 1.60 bits per heavy atom. The van der Waals surface area contributed by atoms with E-state index in [0.717, 1.165) is 25.2 Å². The third kappa shape index (κ3) is 6.94. The average Bonchev–Trinajstić information content (AvgIpc) is 2.01. The van der Waals surface area contributed by atoms with Crippen molar-refractivity contribution in [3.63, 3.8) is 0 Å². The first-order valence-electron chi connectivity index (χ1n) is 6.43. The van der Waals surface area contributed by atoms with E-state index in [-0.39, 0.29) is 6.10 Å². The van der Waals surface area contributed by atoms with Gasteiger partial charge in [-0.1, -0.05) is 48.0 Å². The summed E-state index contributed by atoms with van der Waals surface area (Å²) in [5.74, 6) is 1.33. The van der Waals surface area contributed by atoms with Gasteiger partial charge < -0.3 is 5.11 Å². The van der Waals surface area contributed by atoms with E-state index in [4.69, 9.17) is 0 Å². The first-order chi connectivity index (χ1) is 6.75. The highest BCUT2D eigenvalue weighted by molar-refractivity contribution is 4.73. The molecule has 0 fully saturated rings. The fourth-order valence-electron chi connectivity index (χ4n) is 1.74. The molecule has 0 aromatic carbocycles. The minimum absolute atomic E-state index is 0.0898. The van der Waals surface area contributed by atoms with Crippen LogP contribution in [0.3, 0.4) is 0 Å². The van der Waals surface area contributed by atoms with E-state index in [2.05, 4.69) is 41.5 Å². The molecule has 0 heterocycles. The van der Waals surface area contributed by atoms with Gasteiger partial charge in [-0.2, -0.15) is 0 Å². The van der Waals surface area contributed by atoms with Crippen LogP contribution in [0.2, 0.25) is 0 Å². The number of hydrogen-bond acceptors (Lipinski definition) is 1. The van der Waals surface area contributed by atoms with Crippen molar-refractivity contribution < 1.29 is 5.11 Å². The van der Waals surface area contributed by atoms with Crippen molar-refractivity contribution >= 4 is 0 Å². The zero-order chi connectivity index (χ0) is 12.1. The molecule has 92 valence electrons. The van der Waals surface area contributed by atoms with Gasteiger partial charge in [0.2, 0.25) is 0 Å². The van der Waals surface area contributed by atoms with Crippen LogP contribution in [0.1, 0.15) is 67.2 Å². The second-order valence-corrected chi connectivity index (χ2v) is 6.32. The van der Waals surface area contributed by atoms with Gasteiger partial charge in [-0.25, -0.2) is 0 Å². The summed E-state index contributed by atoms with van der Waals surface area (Å²) in [4.78, 5) is 0. The van der Waals surface area contributed by atoms with Gasteiger partial charge in [0.25, 0.3) is 0 Å². The van der Waals surface area contributed by atoms with Gasteiger partial charge >= 0.3 is 0 Å². The van der Waals surface area contributed by atoms with E-state index in [0.29, 0.717) is 11.3 Å². The second kappa shape index (κ2) is 6.52. The molecule has 0 saturated heterocycles. The van der Waals surface area contributed by atoms with E-state index in [9.17, 15) is 5.11 Å². The van der Waals surface area contributed by atoms with Crippen LogP contribution in [-0.4, -0.2) is 11.2 Å². The fraction of sp³-hybridized carbons (Fsp3) is 1.00. The molecule has 0 bridgehead atoms.